The Morgan fingerprint density at radius 2 is 2.25 bits per heavy atom. The molecule has 0 aliphatic heterocycles. The van der Waals surface area contributed by atoms with E-state index in [0.29, 0.717) is 6.04 Å². The first kappa shape index (κ1) is 10.0. The van der Waals surface area contributed by atoms with Crippen LogP contribution in [0.3, 0.4) is 0 Å². The van der Waals surface area contributed by atoms with Gasteiger partial charge in [-0.05, 0) is 31.6 Å². The molecule has 1 saturated carbocycles. The van der Waals surface area contributed by atoms with Crippen LogP contribution in [0.4, 0.5) is 0 Å². The zero-order chi connectivity index (χ0) is 8.81. The fraction of sp³-hybridized carbons (Fsp3) is 1.00. The number of rotatable bonds is 4. The standard InChI is InChI=1S/C10H21NO/c1-12-7-3-5-9-4-2-6-10(11)8-9/h9-10H,2-8,11H2,1H3. The summed E-state index contributed by atoms with van der Waals surface area (Å²) in [5, 5.41) is 0. The van der Waals surface area contributed by atoms with Gasteiger partial charge in [-0.25, -0.2) is 0 Å². The molecule has 12 heavy (non-hydrogen) atoms. The van der Waals surface area contributed by atoms with Crippen molar-refractivity contribution < 1.29 is 4.74 Å². The van der Waals surface area contributed by atoms with Crippen molar-refractivity contribution in [3.8, 4) is 0 Å². The summed E-state index contributed by atoms with van der Waals surface area (Å²) in [5.41, 5.74) is 5.90. The van der Waals surface area contributed by atoms with Gasteiger partial charge in [-0.3, -0.25) is 0 Å². The Morgan fingerprint density at radius 1 is 1.42 bits per heavy atom. The van der Waals surface area contributed by atoms with E-state index in [1.807, 2.05) is 0 Å². The molecule has 0 spiro atoms. The second-order valence-electron chi connectivity index (χ2n) is 3.93. The first-order valence-electron chi connectivity index (χ1n) is 5.07. The van der Waals surface area contributed by atoms with Crippen molar-refractivity contribution in [2.24, 2.45) is 11.7 Å². The Morgan fingerprint density at radius 3 is 2.92 bits per heavy atom. The van der Waals surface area contributed by atoms with Crippen LogP contribution in [0.1, 0.15) is 38.5 Å². The number of ether oxygens (including phenoxy) is 1. The van der Waals surface area contributed by atoms with Crippen LogP contribution in [0.15, 0.2) is 0 Å². The molecule has 0 bridgehead atoms. The van der Waals surface area contributed by atoms with Crippen LogP contribution in [0.25, 0.3) is 0 Å². The molecule has 1 fully saturated rings. The minimum atomic E-state index is 0.478. The smallest absolute Gasteiger partial charge is 0.0462 e. The Bertz CT molecular complexity index is 116. The Labute approximate surface area is 75.5 Å². The fourth-order valence-corrected chi connectivity index (χ4v) is 2.11. The molecule has 1 aliphatic carbocycles. The van der Waals surface area contributed by atoms with E-state index in [0.717, 1.165) is 12.5 Å². The van der Waals surface area contributed by atoms with E-state index in [2.05, 4.69) is 0 Å². The molecule has 0 aromatic rings. The van der Waals surface area contributed by atoms with Crippen molar-refractivity contribution in [1.29, 1.82) is 0 Å². The lowest BCUT2D eigenvalue weighted by molar-refractivity contribution is 0.180. The summed E-state index contributed by atoms with van der Waals surface area (Å²) in [7, 11) is 1.77. The van der Waals surface area contributed by atoms with Gasteiger partial charge < -0.3 is 10.5 Å². The third kappa shape index (κ3) is 3.55. The van der Waals surface area contributed by atoms with Gasteiger partial charge in [0.15, 0.2) is 0 Å². The molecule has 0 amide bonds. The summed E-state index contributed by atoms with van der Waals surface area (Å²) in [6.07, 6.45) is 7.70. The molecular formula is C10H21NO. The second-order valence-corrected chi connectivity index (χ2v) is 3.93. The van der Waals surface area contributed by atoms with E-state index in [4.69, 9.17) is 10.5 Å². The minimum Gasteiger partial charge on any atom is -0.385 e. The van der Waals surface area contributed by atoms with Crippen molar-refractivity contribution in [3.05, 3.63) is 0 Å². The van der Waals surface area contributed by atoms with E-state index in [1.165, 1.54) is 38.5 Å². The second kappa shape index (κ2) is 5.55. The van der Waals surface area contributed by atoms with Crippen LogP contribution >= 0.6 is 0 Å². The molecule has 1 rings (SSSR count). The van der Waals surface area contributed by atoms with Gasteiger partial charge >= 0.3 is 0 Å². The number of hydrogen-bond donors (Lipinski definition) is 1. The number of hydrogen-bond acceptors (Lipinski definition) is 2. The van der Waals surface area contributed by atoms with Crippen molar-refractivity contribution in [1.82, 2.24) is 0 Å². The van der Waals surface area contributed by atoms with Crippen LogP contribution < -0.4 is 5.73 Å². The molecule has 0 aromatic carbocycles. The fourth-order valence-electron chi connectivity index (χ4n) is 2.11. The van der Waals surface area contributed by atoms with Crippen molar-refractivity contribution >= 4 is 0 Å². The van der Waals surface area contributed by atoms with Crippen LogP contribution in [0.5, 0.6) is 0 Å². The molecule has 2 nitrogen and oxygen atoms in total. The van der Waals surface area contributed by atoms with Gasteiger partial charge in [0.1, 0.15) is 0 Å². The highest BCUT2D eigenvalue weighted by Gasteiger charge is 2.18. The van der Waals surface area contributed by atoms with Crippen molar-refractivity contribution in [3.63, 3.8) is 0 Å². The molecule has 72 valence electrons. The summed E-state index contributed by atoms with van der Waals surface area (Å²) >= 11 is 0. The predicted molar refractivity (Wildman–Crippen MR) is 51.0 cm³/mol. The highest BCUT2D eigenvalue weighted by Crippen LogP contribution is 2.26. The summed E-state index contributed by atoms with van der Waals surface area (Å²) < 4.78 is 5.03. The summed E-state index contributed by atoms with van der Waals surface area (Å²) in [6, 6.07) is 0.478. The molecule has 2 N–H and O–H groups in total. The van der Waals surface area contributed by atoms with E-state index in [1.54, 1.807) is 7.11 Å². The van der Waals surface area contributed by atoms with Crippen molar-refractivity contribution in [2.45, 2.75) is 44.6 Å². The van der Waals surface area contributed by atoms with Crippen molar-refractivity contribution in [2.75, 3.05) is 13.7 Å². The van der Waals surface area contributed by atoms with E-state index < -0.39 is 0 Å². The van der Waals surface area contributed by atoms with Crippen LogP contribution in [-0.4, -0.2) is 19.8 Å². The molecule has 1 aliphatic rings. The van der Waals surface area contributed by atoms with Crippen LogP contribution in [-0.2, 0) is 4.74 Å². The summed E-state index contributed by atoms with van der Waals surface area (Å²) in [5.74, 6) is 0.879. The zero-order valence-electron chi connectivity index (χ0n) is 8.09. The molecule has 0 aromatic heterocycles. The van der Waals surface area contributed by atoms with Gasteiger partial charge in [0, 0.05) is 19.8 Å². The van der Waals surface area contributed by atoms with Gasteiger partial charge in [-0.1, -0.05) is 12.8 Å². The molecule has 0 saturated heterocycles. The van der Waals surface area contributed by atoms with E-state index >= 15 is 0 Å². The topological polar surface area (TPSA) is 35.2 Å². The molecule has 0 radical (unpaired) electrons. The first-order valence-corrected chi connectivity index (χ1v) is 5.07. The number of nitrogens with two attached hydrogens (primary N) is 1. The quantitative estimate of drug-likeness (QED) is 0.656. The van der Waals surface area contributed by atoms with Crippen LogP contribution in [0.2, 0.25) is 0 Å². The maximum absolute atomic E-state index is 5.90. The lowest BCUT2D eigenvalue weighted by Gasteiger charge is -2.26. The number of methoxy groups -OCH3 is 1. The lowest BCUT2D eigenvalue weighted by Crippen LogP contribution is -2.27. The van der Waals surface area contributed by atoms with Gasteiger partial charge in [0.2, 0.25) is 0 Å². The third-order valence-corrected chi connectivity index (χ3v) is 2.78. The molecule has 2 atom stereocenters. The maximum Gasteiger partial charge on any atom is 0.0462 e. The van der Waals surface area contributed by atoms with Gasteiger partial charge in [0.05, 0.1) is 0 Å². The first-order chi connectivity index (χ1) is 5.83. The van der Waals surface area contributed by atoms with E-state index in [-0.39, 0.29) is 0 Å². The monoisotopic (exact) mass is 171 g/mol. The molecule has 2 heteroatoms. The Hall–Kier alpha value is -0.0800. The normalized spacial score (nSPS) is 30.5. The Balaban J connectivity index is 2.06. The molecular weight excluding hydrogens is 150 g/mol. The Kier molecular flexibility index (Phi) is 4.62. The lowest BCUT2D eigenvalue weighted by atomic mass is 9.83. The van der Waals surface area contributed by atoms with Crippen LogP contribution in [0, 0.1) is 5.92 Å². The highest BCUT2D eigenvalue weighted by molar-refractivity contribution is 4.74. The summed E-state index contributed by atoms with van der Waals surface area (Å²) in [6.45, 7) is 0.908. The minimum absolute atomic E-state index is 0.478. The molecule has 2 unspecified atom stereocenters. The zero-order valence-corrected chi connectivity index (χ0v) is 8.09. The van der Waals surface area contributed by atoms with Gasteiger partial charge in [-0.2, -0.15) is 0 Å². The summed E-state index contributed by atoms with van der Waals surface area (Å²) in [4.78, 5) is 0. The molecule has 0 heterocycles. The van der Waals surface area contributed by atoms with E-state index in [9.17, 15) is 0 Å². The highest BCUT2D eigenvalue weighted by atomic mass is 16.5. The average Bonchev–Trinajstić information content (AvgIpc) is 2.05. The SMILES string of the molecule is COCCCC1CCCC(N)C1. The predicted octanol–water partition coefficient (Wildman–Crippen LogP) is 1.93. The third-order valence-electron chi connectivity index (χ3n) is 2.78. The largest absolute Gasteiger partial charge is 0.385 e. The maximum atomic E-state index is 5.90. The van der Waals surface area contributed by atoms with Gasteiger partial charge in [-0.15, -0.1) is 0 Å². The average molecular weight is 171 g/mol. The van der Waals surface area contributed by atoms with Gasteiger partial charge in [0.25, 0.3) is 0 Å².